The fourth-order valence-corrected chi connectivity index (χ4v) is 3.64. The van der Waals surface area contributed by atoms with E-state index in [1.54, 1.807) is 0 Å². The van der Waals surface area contributed by atoms with Crippen LogP contribution in [0.2, 0.25) is 0 Å². The summed E-state index contributed by atoms with van der Waals surface area (Å²) in [7, 11) is 0. The predicted octanol–water partition coefficient (Wildman–Crippen LogP) is 2.95. The van der Waals surface area contributed by atoms with Crippen LogP contribution in [0.3, 0.4) is 0 Å². The Morgan fingerprint density at radius 2 is 0.846 bits per heavy atom. The Hall–Kier alpha value is -0.0400. The first kappa shape index (κ1) is 8.28. The molecule has 0 atom stereocenters. The Labute approximate surface area is 81.5 Å². The average molecular weight is 179 g/mol. The van der Waals surface area contributed by atoms with Crippen molar-refractivity contribution in [3.8, 4) is 0 Å². The molecule has 1 aliphatic carbocycles. The molecule has 2 aliphatic heterocycles. The topological polar surface area (TPSA) is 3.24 Å². The van der Waals surface area contributed by atoms with Crippen LogP contribution in [0, 0.1) is 0 Å². The van der Waals surface area contributed by atoms with E-state index in [1.165, 1.54) is 57.8 Å². The standard InChI is InChI=1S/C12H21N/c1-4-10-6-2-7-11(5-1)13(10)12-8-3-9-12/h10-12H,1-9H2. The van der Waals surface area contributed by atoms with Gasteiger partial charge in [0.2, 0.25) is 0 Å². The molecule has 1 heteroatoms. The van der Waals surface area contributed by atoms with Crippen molar-refractivity contribution in [3.63, 3.8) is 0 Å². The van der Waals surface area contributed by atoms with Crippen LogP contribution in [-0.2, 0) is 0 Å². The summed E-state index contributed by atoms with van der Waals surface area (Å²) in [4.78, 5) is 2.93. The molecule has 3 aliphatic rings. The van der Waals surface area contributed by atoms with Crippen LogP contribution < -0.4 is 0 Å². The van der Waals surface area contributed by atoms with E-state index < -0.39 is 0 Å². The van der Waals surface area contributed by atoms with Crippen LogP contribution in [-0.4, -0.2) is 23.0 Å². The van der Waals surface area contributed by atoms with E-state index >= 15 is 0 Å². The van der Waals surface area contributed by atoms with Crippen molar-refractivity contribution in [1.29, 1.82) is 0 Å². The number of rotatable bonds is 1. The Bertz CT molecular complexity index is 164. The SMILES string of the molecule is C1CC(N2C3CCCC2CCC3)C1. The van der Waals surface area contributed by atoms with Gasteiger partial charge in [-0.1, -0.05) is 19.3 Å². The highest BCUT2D eigenvalue weighted by molar-refractivity contribution is 4.95. The van der Waals surface area contributed by atoms with E-state index in [0.29, 0.717) is 0 Å². The monoisotopic (exact) mass is 179 g/mol. The summed E-state index contributed by atoms with van der Waals surface area (Å²) >= 11 is 0. The van der Waals surface area contributed by atoms with Crippen molar-refractivity contribution in [2.75, 3.05) is 0 Å². The Balaban J connectivity index is 1.75. The van der Waals surface area contributed by atoms with Crippen LogP contribution >= 0.6 is 0 Å². The molecule has 0 radical (unpaired) electrons. The minimum atomic E-state index is 0.998. The van der Waals surface area contributed by atoms with Crippen molar-refractivity contribution < 1.29 is 0 Å². The molecule has 2 saturated heterocycles. The van der Waals surface area contributed by atoms with Gasteiger partial charge in [-0.3, -0.25) is 4.90 Å². The first-order chi connectivity index (χ1) is 6.45. The van der Waals surface area contributed by atoms with Gasteiger partial charge < -0.3 is 0 Å². The second-order valence-electron chi connectivity index (χ2n) is 5.20. The lowest BCUT2D eigenvalue weighted by Gasteiger charge is -2.52. The zero-order valence-electron chi connectivity index (χ0n) is 8.54. The molecular formula is C12H21N. The molecule has 2 heterocycles. The van der Waals surface area contributed by atoms with Gasteiger partial charge in [-0.05, 0) is 38.5 Å². The summed E-state index contributed by atoms with van der Waals surface area (Å²) < 4.78 is 0. The molecule has 74 valence electrons. The van der Waals surface area contributed by atoms with E-state index in [4.69, 9.17) is 0 Å². The van der Waals surface area contributed by atoms with Gasteiger partial charge in [0, 0.05) is 18.1 Å². The van der Waals surface area contributed by atoms with E-state index in [1.807, 2.05) is 0 Å². The third-order valence-corrected chi connectivity index (χ3v) is 4.49. The molecule has 1 saturated carbocycles. The third-order valence-electron chi connectivity index (χ3n) is 4.49. The Kier molecular flexibility index (Phi) is 2.08. The van der Waals surface area contributed by atoms with Gasteiger partial charge >= 0.3 is 0 Å². The lowest BCUT2D eigenvalue weighted by molar-refractivity contribution is -0.0253. The molecule has 0 amide bonds. The van der Waals surface area contributed by atoms with Crippen LogP contribution in [0.5, 0.6) is 0 Å². The minimum absolute atomic E-state index is 0.998. The average Bonchev–Trinajstić information content (AvgIpc) is 2.00. The summed E-state index contributed by atoms with van der Waals surface area (Å²) in [6.07, 6.45) is 13.6. The van der Waals surface area contributed by atoms with Gasteiger partial charge in [-0.15, -0.1) is 0 Å². The van der Waals surface area contributed by atoms with Crippen molar-refractivity contribution >= 4 is 0 Å². The number of fused-ring (bicyclic) bond motifs is 2. The molecule has 0 spiro atoms. The molecule has 2 bridgehead atoms. The summed E-state index contributed by atoms with van der Waals surface area (Å²) in [5.74, 6) is 0. The van der Waals surface area contributed by atoms with Gasteiger partial charge in [-0.25, -0.2) is 0 Å². The first-order valence-corrected chi connectivity index (χ1v) is 6.22. The molecule has 0 N–H and O–H groups in total. The van der Waals surface area contributed by atoms with Crippen molar-refractivity contribution in [1.82, 2.24) is 4.90 Å². The zero-order chi connectivity index (χ0) is 8.67. The van der Waals surface area contributed by atoms with E-state index in [-0.39, 0.29) is 0 Å². The maximum absolute atomic E-state index is 2.93. The minimum Gasteiger partial charge on any atom is -0.294 e. The summed E-state index contributed by atoms with van der Waals surface area (Å²) in [5.41, 5.74) is 0. The highest BCUT2D eigenvalue weighted by atomic mass is 15.2. The fourth-order valence-electron chi connectivity index (χ4n) is 3.64. The van der Waals surface area contributed by atoms with Gasteiger partial charge in [0.25, 0.3) is 0 Å². The van der Waals surface area contributed by atoms with Gasteiger partial charge in [0.1, 0.15) is 0 Å². The third kappa shape index (κ3) is 1.32. The number of piperidine rings is 2. The second kappa shape index (κ2) is 3.27. The first-order valence-electron chi connectivity index (χ1n) is 6.22. The summed E-state index contributed by atoms with van der Waals surface area (Å²) in [6.45, 7) is 0. The maximum atomic E-state index is 2.93. The maximum Gasteiger partial charge on any atom is 0.0101 e. The van der Waals surface area contributed by atoms with Crippen molar-refractivity contribution in [2.45, 2.75) is 75.9 Å². The second-order valence-corrected chi connectivity index (χ2v) is 5.20. The Morgan fingerprint density at radius 3 is 1.15 bits per heavy atom. The van der Waals surface area contributed by atoms with E-state index in [0.717, 1.165) is 18.1 Å². The van der Waals surface area contributed by atoms with Gasteiger partial charge in [0.05, 0.1) is 0 Å². The quantitative estimate of drug-likeness (QED) is 0.598. The van der Waals surface area contributed by atoms with Gasteiger partial charge in [0.15, 0.2) is 0 Å². The normalized spacial score (nSPS) is 41.5. The largest absolute Gasteiger partial charge is 0.294 e. The number of hydrogen-bond donors (Lipinski definition) is 0. The van der Waals surface area contributed by atoms with Crippen LogP contribution in [0.15, 0.2) is 0 Å². The predicted molar refractivity (Wildman–Crippen MR) is 54.8 cm³/mol. The molecule has 0 unspecified atom stereocenters. The molecule has 1 nitrogen and oxygen atoms in total. The molecular weight excluding hydrogens is 158 g/mol. The number of nitrogens with zero attached hydrogens (tertiary/aromatic N) is 1. The molecule has 3 rings (SSSR count). The van der Waals surface area contributed by atoms with Crippen LogP contribution in [0.1, 0.15) is 57.8 Å². The van der Waals surface area contributed by atoms with Crippen molar-refractivity contribution in [2.24, 2.45) is 0 Å². The molecule has 3 fully saturated rings. The molecule has 0 aromatic rings. The lowest BCUT2D eigenvalue weighted by atomic mass is 9.79. The summed E-state index contributed by atoms with van der Waals surface area (Å²) in [6, 6.07) is 3.01. The van der Waals surface area contributed by atoms with Gasteiger partial charge in [-0.2, -0.15) is 0 Å². The van der Waals surface area contributed by atoms with Crippen LogP contribution in [0.4, 0.5) is 0 Å². The molecule has 0 aromatic carbocycles. The smallest absolute Gasteiger partial charge is 0.0101 e. The highest BCUT2D eigenvalue weighted by Gasteiger charge is 2.39. The lowest BCUT2D eigenvalue weighted by Crippen LogP contribution is -2.56. The van der Waals surface area contributed by atoms with Crippen molar-refractivity contribution in [3.05, 3.63) is 0 Å². The highest BCUT2D eigenvalue weighted by Crippen LogP contribution is 2.40. The van der Waals surface area contributed by atoms with Crippen LogP contribution in [0.25, 0.3) is 0 Å². The molecule has 0 aromatic heterocycles. The zero-order valence-corrected chi connectivity index (χ0v) is 8.54. The van der Waals surface area contributed by atoms with E-state index in [9.17, 15) is 0 Å². The fraction of sp³-hybridized carbons (Fsp3) is 1.00. The molecule has 13 heavy (non-hydrogen) atoms. The van der Waals surface area contributed by atoms with E-state index in [2.05, 4.69) is 4.90 Å². The Morgan fingerprint density at radius 1 is 0.538 bits per heavy atom. The number of hydrogen-bond acceptors (Lipinski definition) is 1. The summed E-state index contributed by atoms with van der Waals surface area (Å²) in [5, 5.41) is 0.